The Morgan fingerprint density at radius 3 is 2.40 bits per heavy atom. The lowest BCUT2D eigenvalue weighted by Crippen LogP contribution is -2.17. The van der Waals surface area contributed by atoms with Crippen LogP contribution in [0.15, 0.2) is 24.3 Å². The molecule has 3 nitrogen and oxygen atoms in total. The van der Waals surface area contributed by atoms with E-state index in [1.807, 2.05) is 0 Å². The van der Waals surface area contributed by atoms with Crippen LogP contribution in [0.1, 0.15) is 61.6 Å². The minimum atomic E-state index is 0.319. The molecule has 2 atom stereocenters. The first kappa shape index (κ1) is 17.9. The molecule has 0 aromatic heterocycles. The molecule has 25 heavy (non-hydrogen) atoms. The Bertz CT molecular complexity index is 675. The van der Waals surface area contributed by atoms with Gasteiger partial charge in [0.1, 0.15) is 0 Å². The van der Waals surface area contributed by atoms with E-state index in [0.717, 1.165) is 17.9 Å². The zero-order valence-electron chi connectivity index (χ0n) is 16.0. The van der Waals surface area contributed by atoms with Gasteiger partial charge in [-0.3, -0.25) is 0 Å². The van der Waals surface area contributed by atoms with E-state index < -0.39 is 0 Å². The van der Waals surface area contributed by atoms with Crippen LogP contribution in [0.3, 0.4) is 0 Å². The molecule has 136 valence electrons. The number of nitrogens with one attached hydrogen (secondary N) is 1. The summed E-state index contributed by atoms with van der Waals surface area (Å²) in [6.45, 7) is 4.43. The SMILES string of the molecule is CCCCCCCc1c(C)c(OC)c(OC)c2c1N[C@@H]1C=CC=C[C@H]21. The zero-order valence-corrected chi connectivity index (χ0v) is 16.0. The van der Waals surface area contributed by atoms with Gasteiger partial charge in [-0.05, 0) is 25.3 Å². The standard InChI is InChI=1S/C22H31NO2/c1-5-6-7-8-9-12-16-15(2)21(24-3)22(25-4)19-17-13-10-11-14-18(17)23-20(16)19/h10-11,13-14,17-18,23H,5-9,12H2,1-4H3/t17-,18+/m0/s1. The highest BCUT2D eigenvalue weighted by molar-refractivity contribution is 5.77. The first-order valence-electron chi connectivity index (χ1n) is 9.61. The van der Waals surface area contributed by atoms with Crippen LogP contribution in [-0.4, -0.2) is 20.3 Å². The quantitative estimate of drug-likeness (QED) is 0.631. The van der Waals surface area contributed by atoms with Crippen molar-refractivity contribution in [3.05, 3.63) is 41.0 Å². The predicted molar refractivity (Wildman–Crippen MR) is 105 cm³/mol. The van der Waals surface area contributed by atoms with Crippen molar-refractivity contribution in [2.24, 2.45) is 0 Å². The average molecular weight is 341 g/mol. The summed E-state index contributed by atoms with van der Waals surface area (Å²) in [4.78, 5) is 0. The van der Waals surface area contributed by atoms with Crippen LogP contribution in [0, 0.1) is 6.92 Å². The van der Waals surface area contributed by atoms with Crippen LogP contribution in [0.5, 0.6) is 11.5 Å². The van der Waals surface area contributed by atoms with Crippen LogP contribution in [-0.2, 0) is 6.42 Å². The summed E-state index contributed by atoms with van der Waals surface area (Å²) in [6, 6.07) is 0.319. The summed E-state index contributed by atoms with van der Waals surface area (Å²) in [6.07, 6.45) is 16.3. The molecule has 1 aliphatic carbocycles. The zero-order chi connectivity index (χ0) is 17.8. The van der Waals surface area contributed by atoms with Gasteiger partial charge in [-0.15, -0.1) is 0 Å². The second-order valence-electron chi connectivity index (χ2n) is 7.09. The van der Waals surface area contributed by atoms with E-state index in [4.69, 9.17) is 9.47 Å². The number of methoxy groups -OCH3 is 2. The molecule has 0 unspecified atom stereocenters. The molecule has 1 aliphatic heterocycles. The van der Waals surface area contributed by atoms with Gasteiger partial charge in [-0.1, -0.05) is 56.9 Å². The Morgan fingerprint density at radius 2 is 1.68 bits per heavy atom. The lowest BCUT2D eigenvalue weighted by atomic mass is 9.87. The Hall–Kier alpha value is -1.90. The molecule has 1 N–H and O–H groups in total. The van der Waals surface area contributed by atoms with E-state index in [-0.39, 0.29) is 0 Å². The number of hydrogen-bond donors (Lipinski definition) is 1. The average Bonchev–Trinajstić information content (AvgIpc) is 3.01. The monoisotopic (exact) mass is 341 g/mol. The van der Waals surface area contributed by atoms with Crippen LogP contribution >= 0.6 is 0 Å². The van der Waals surface area contributed by atoms with E-state index in [1.165, 1.54) is 54.5 Å². The summed E-state index contributed by atoms with van der Waals surface area (Å²) in [5.74, 6) is 2.11. The van der Waals surface area contributed by atoms with E-state index in [0.29, 0.717) is 12.0 Å². The molecular weight excluding hydrogens is 310 g/mol. The molecule has 3 heteroatoms. The van der Waals surface area contributed by atoms with Crippen molar-refractivity contribution in [3.8, 4) is 11.5 Å². The molecule has 1 aromatic rings. The van der Waals surface area contributed by atoms with Crippen LogP contribution < -0.4 is 14.8 Å². The minimum absolute atomic E-state index is 0.319. The normalized spacial score (nSPS) is 20.2. The largest absolute Gasteiger partial charge is 0.493 e. The number of allylic oxidation sites excluding steroid dienone is 2. The third kappa shape index (κ3) is 3.29. The Morgan fingerprint density at radius 1 is 0.960 bits per heavy atom. The predicted octanol–water partition coefficient (Wildman–Crippen LogP) is 5.53. The number of fused-ring (bicyclic) bond motifs is 3. The maximum absolute atomic E-state index is 5.80. The Kier molecular flexibility index (Phi) is 5.72. The van der Waals surface area contributed by atoms with Gasteiger partial charge in [0.05, 0.1) is 20.3 Å². The van der Waals surface area contributed by atoms with Gasteiger partial charge in [0.25, 0.3) is 0 Å². The molecule has 0 amide bonds. The number of rotatable bonds is 8. The molecule has 0 saturated heterocycles. The lowest BCUT2D eigenvalue weighted by molar-refractivity contribution is 0.349. The van der Waals surface area contributed by atoms with E-state index in [9.17, 15) is 0 Å². The highest BCUT2D eigenvalue weighted by Gasteiger charge is 2.37. The van der Waals surface area contributed by atoms with Crippen molar-refractivity contribution < 1.29 is 9.47 Å². The van der Waals surface area contributed by atoms with Gasteiger partial charge in [0.2, 0.25) is 0 Å². The number of ether oxygens (including phenoxy) is 2. The molecule has 0 radical (unpaired) electrons. The molecule has 1 heterocycles. The van der Waals surface area contributed by atoms with Crippen molar-refractivity contribution in [2.75, 3.05) is 19.5 Å². The van der Waals surface area contributed by atoms with Gasteiger partial charge in [-0.25, -0.2) is 0 Å². The van der Waals surface area contributed by atoms with Gasteiger partial charge in [0, 0.05) is 22.7 Å². The smallest absolute Gasteiger partial charge is 0.166 e. The number of anilines is 1. The molecule has 0 fully saturated rings. The van der Waals surface area contributed by atoms with Crippen molar-refractivity contribution in [2.45, 2.75) is 64.3 Å². The molecule has 0 spiro atoms. The van der Waals surface area contributed by atoms with Gasteiger partial charge < -0.3 is 14.8 Å². The van der Waals surface area contributed by atoms with Crippen molar-refractivity contribution in [1.29, 1.82) is 0 Å². The van der Waals surface area contributed by atoms with Gasteiger partial charge in [0.15, 0.2) is 11.5 Å². The van der Waals surface area contributed by atoms with Crippen molar-refractivity contribution >= 4 is 5.69 Å². The highest BCUT2D eigenvalue weighted by Crippen LogP contribution is 2.52. The number of benzene rings is 1. The van der Waals surface area contributed by atoms with E-state index in [1.54, 1.807) is 14.2 Å². The first-order valence-corrected chi connectivity index (χ1v) is 9.61. The summed E-state index contributed by atoms with van der Waals surface area (Å²) in [5.41, 5.74) is 5.16. The maximum Gasteiger partial charge on any atom is 0.166 e. The second-order valence-corrected chi connectivity index (χ2v) is 7.09. The highest BCUT2D eigenvalue weighted by atomic mass is 16.5. The molecular formula is C22H31NO2. The lowest BCUT2D eigenvalue weighted by Gasteiger charge is -2.21. The summed E-state index contributed by atoms with van der Waals surface area (Å²) in [7, 11) is 3.50. The Balaban J connectivity index is 1.97. The first-order chi connectivity index (χ1) is 12.2. The molecule has 1 aromatic carbocycles. The summed E-state index contributed by atoms with van der Waals surface area (Å²) < 4.78 is 11.6. The second kappa shape index (κ2) is 7.99. The Labute approximate surface area is 152 Å². The number of unbranched alkanes of at least 4 members (excludes halogenated alkanes) is 4. The van der Waals surface area contributed by atoms with Crippen molar-refractivity contribution in [3.63, 3.8) is 0 Å². The summed E-state index contributed by atoms with van der Waals surface area (Å²) in [5, 5.41) is 3.75. The fraction of sp³-hybridized carbons (Fsp3) is 0.545. The topological polar surface area (TPSA) is 30.5 Å². The van der Waals surface area contributed by atoms with E-state index in [2.05, 4.69) is 43.5 Å². The van der Waals surface area contributed by atoms with Gasteiger partial charge in [-0.2, -0.15) is 0 Å². The minimum Gasteiger partial charge on any atom is -0.493 e. The fourth-order valence-corrected chi connectivity index (χ4v) is 4.23. The maximum atomic E-state index is 5.80. The number of hydrogen-bond acceptors (Lipinski definition) is 3. The third-order valence-electron chi connectivity index (χ3n) is 5.53. The fourth-order valence-electron chi connectivity index (χ4n) is 4.23. The third-order valence-corrected chi connectivity index (χ3v) is 5.53. The summed E-state index contributed by atoms with van der Waals surface area (Å²) >= 11 is 0. The van der Waals surface area contributed by atoms with Gasteiger partial charge >= 0.3 is 0 Å². The molecule has 0 saturated carbocycles. The molecule has 2 aliphatic rings. The van der Waals surface area contributed by atoms with Crippen LogP contribution in [0.4, 0.5) is 5.69 Å². The molecule has 0 bridgehead atoms. The van der Waals surface area contributed by atoms with Crippen molar-refractivity contribution in [1.82, 2.24) is 0 Å². The van der Waals surface area contributed by atoms with Crippen LogP contribution in [0.2, 0.25) is 0 Å². The van der Waals surface area contributed by atoms with E-state index >= 15 is 0 Å². The molecule has 3 rings (SSSR count). The van der Waals surface area contributed by atoms with Crippen LogP contribution in [0.25, 0.3) is 0 Å².